The van der Waals surface area contributed by atoms with Crippen LogP contribution in [-0.4, -0.2) is 43.5 Å². The number of hydrogen-bond acceptors (Lipinski definition) is 6. The summed E-state index contributed by atoms with van der Waals surface area (Å²) < 4.78 is 1.54. The highest BCUT2D eigenvalue weighted by atomic mass is 32.1. The summed E-state index contributed by atoms with van der Waals surface area (Å²) >= 11 is 1.46. The zero-order valence-corrected chi connectivity index (χ0v) is 16.3. The van der Waals surface area contributed by atoms with Crippen molar-refractivity contribution in [2.45, 2.75) is 27.7 Å². The van der Waals surface area contributed by atoms with Crippen molar-refractivity contribution in [3.63, 3.8) is 0 Å². The quantitative estimate of drug-likeness (QED) is 0.718. The van der Waals surface area contributed by atoms with Gasteiger partial charge in [0.25, 0.3) is 5.91 Å². The highest BCUT2D eigenvalue weighted by Gasteiger charge is 2.20. The Morgan fingerprint density at radius 1 is 1.23 bits per heavy atom. The minimum Gasteiger partial charge on any atom is -0.384 e. The van der Waals surface area contributed by atoms with Crippen LogP contribution in [0.1, 0.15) is 38.1 Å². The zero-order chi connectivity index (χ0) is 18.8. The van der Waals surface area contributed by atoms with Gasteiger partial charge in [-0.25, -0.2) is 9.97 Å². The van der Waals surface area contributed by atoms with E-state index in [1.807, 2.05) is 10.3 Å². The number of pyridine rings is 1. The number of anilines is 1. The summed E-state index contributed by atoms with van der Waals surface area (Å²) in [5, 5.41) is 6.99. The van der Waals surface area contributed by atoms with Gasteiger partial charge in [-0.2, -0.15) is 4.52 Å². The van der Waals surface area contributed by atoms with E-state index in [1.54, 1.807) is 22.8 Å². The SMILES string of the molecule is CC(C)CN(CC(C)C)C(=O)c1cc(N)n2nc(-c3nccs3)nc2c1. The van der Waals surface area contributed by atoms with Crippen molar-refractivity contribution in [3.8, 4) is 10.8 Å². The molecule has 0 aromatic carbocycles. The number of thiazole rings is 1. The summed E-state index contributed by atoms with van der Waals surface area (Å²) in [6, 6.07) is 3.42. The van der Waals surface area contributed by atoms with Gasteiger partial charge in [-0.1, -0.05) is 27.7 Å². The van der Waals surface area contributed by atoms with Crippen LogP contribution in [0.3, 0.4) is 0 Å². The molecular formula is C18H24N6OS. The third-order valence-electron chi connectivity index (χ3n) is 3.79. The lowest BCUT2D eigenvalue weighted by Crippen LogP contribution is -2.37. The smallest absolute Gasteiger partial charge is 0.254 e. The fourth-order valence-corrected chi connectivity index (χ4v) is 3.43. The lowest BCUT2D eigenvalue weighted by atomic mass is 10.1. The van der Waals surface area contributed by atoms with E-state index in [2.05, 4.69) is 42.8 Å². The first-order chi connectivity index (χ1) is 12.3. The van der Waals surface area contributed by atoms with Crippen LogP contribution in [0.25, 0.3) is 16.5 Å². The van der Waals surface area contributed by atoms with E-state index in [0.29, 0.717) is 47.8 Å². The molecule has 0 aliphatic rings. The van der Waals surface area contributed by atoms with Gasteiger partial charge in [0.05, 0.1) is 0 Å². The molecule has 3 heterocycles. The van der Waals surface area contributed by atoms with Crippen molar-refractivity contribution in [1.82, 2.24) is 24.5 Å². The molecule has 26 heavy (non-hydrogen) atoms. The number of nitrogen functional groups attached to an aromatic ring is 1. The van der Waals surface area contributed by atoms with E-state index in [9.17, 15) is 4.79 Å². The maximum atomic E-state index is 13.0. The van der Waals surface area contributed by atoms with Crippen molar-refractivity contribution < 1.29 is 4.79 Å². The van der Waals surface area contributed by atoms with Crippen LogP contribution >= 0.6 is 11.3 Å². The average molecular weight is 372 g/mol. The first-order valence-electron chi connectivity index (χ1n) is 8.70. The van der Waals surface area contributed by atoms with Gasteiger partial charge in [0.1, 0.15) is 5.82 Å². The van der Waals surface area contributed by atoms with E-state index in [-0.39, 0.29) is 5.91 Å². The molecule has 3 aromatic rings. The highest BCUT2D eigenvalue weighted by molar-refractivity contribution is 7.13. The largest absolute Gasteiger partial charge is 0.384 e. The van der Waals surface area contributed by atoms with Crippen molar-refractivity contribution in [3.05, 3.63) is 29.3 Å². The Morgan fingerprint density at radius 2 is 1.92 bits per heavy atom. The fraction of sp³-hybridized carbons (Fsp3) is 0.444. The lowest BCUT2D eigenvalue weighted by Gasteiger charge is -2.26. The van der Waals surface area contributed by atoms with Gasteiger partial charge in [0.15, 0.2) is 10.7 Å². The van der Waals surface area contributed by atoms with Gasteiger partial charge in [-0.3, -0.25) is 4.79 Å². The first kappa shape index (κ1) is 18.3. The fourth-order valence-electron chi connectivity index (χ4n) is 2.86. The normalized spacial score (nSPS) is 11.6. The Balaban J connectivity index is 1.97. The van der Waals surface area contributed by atoms with E-state index in [0.717, 1.165) is 5.01 Å². The van der Waals surface area contributed by atoms with Crippen LogP contribution in [0, 0.1) is 11.8 Å². The van der Waals surface area contributed by atoms with Crippen LogP contribution in [-0.2, 0) is 0 Å². The Morgan fingerprint density at radius 3 is 2.50 bits per heavy atom. The number of nitrogens with two attached hydrogens (primary N) is 1. The second-order valence-electron chi connectivity index (χ2n) is 7.21. The molecule has 0 fully saturated rings. The molecule has 8 heteroatoms. The van der Waals surface area contributed by atoms with E-state index in [4.69, 9.17) is 5.73 Å². The molecule has 0 radical (unpaired) electrons. The average Bonchev–Trinajstić information content (AvgIpc) is 3.21. The zero-order valence-electron chi connectivity index (χ0n) is 15.5. The van der Waals surface area contributed by atoms with Crippen molar-refractivity contribution in [1.29, 1.82) is 0 Å². The van der Waals surface area contributed by atoms with Crippen LogP contribution in [0.2, 0.25) is 0 Å². The van der Waals surface area contributed by atoms with Crippen LogP contribution in [0.5, 0.6) is 0 Å². The number of carbonyl (C=O) groups excluding carboxylic acids is 1. The molecule has 7 nitrogen and oxygen atoms in total. The topological polar surface area (TPSA) is 89.4 Å². The number of hydrogen-bond donors (Lipinski definition) is 1. The van der Waals surface area contributed by atoms with Gasteiger partial charge in [0, 0.05) is 30.2 Å². The summed E-state index contributed by atoms with van der Waals surface area (Å²) in [5.74, 6) is 1.65. The molecule has 0 saturated heterocycles. The summed E-state index contributed by atoms with van der Waals surface area (Å²) in [6.45, 7) is 9.85. The third-order valence-corrected chi connectivity index (χ3v) is 4.56. The van der Waals surface area contributed by atoms with Crippen LogP contribution in [0.4, 0.5) is 5.82 Å². The Kier molecular flexibility index (Phi) is 5.22. The monoisotopic (exact) mass is 372 g/mol. The molecule has 0 spiro atoms. The molecule has 1 amide bonds. The lowest BCUT2D eigenvalue weighted by molar-refractivity contribution is 0.0715. The predicted octanol–water partition coefficient (Wildman–Crippen LogP) is 3.19. The van der Waals surface area contributed by atoms with Gasteiger partial charge in [-0.05, 0) is 24.0 Å². The highest BCUT2D eigenvalue weighted by Crippen LogP contribution is 2.22. The molecule has 2 N–H and O–H groups in total. The second kappa shape index (κ2) is 7.41. The van der Waals surface area contributed by atoms with Gasteiger partial charge in [0.2, 0.25) is 5.82 Å². The maximum Gasteiger partial charge on any atom is 0.254 e. The third kappa shape index (κ3) is 3.85. The van der Waals surface area contributed by atoms with E-state index >= 15 is 0 Å². The molecule has 0 atom stereocenters. The Hall–Kier alpha value is -2.48. The number of aromatic nitrogens is 4. The summed E-state index contributed by atoms with van der Waals surface area (Å²) in [5.41, 5.74) is 7.22. The predicted molar refractivity (Wildman–Crippen MR) is 104 cm³/mol. The van der Waals surface area contributed by atoms with Gasteiger partial charge >= 0.3 is 0 Å². The first-order valence-corrected chi connectivity index (χ1v) is 9.58. The summed E-state index contributed by atoms with van der Waals surface area (Å²) in [4.78, 5) is 23.7. The van der Waals surface area contributed by atoms with Gasteiger partial charge < -0.3 is 10.6 Å². The van der Waals surface area contributed by atoms with E-state index in [1.165, 1.54) is 11.3 Å². The molecule has 0 bridgehead atoms. The van der Waals surface area contributed by atoms with Crippen molar-refractivity contribution in [2.75, 3.05) is 18.8 Å². The van der Waals surface area contributed by atoms with Crippen LogP contribution < -0.4 is 5.73 Å². The Labute approximate surface area is 156 Å². The van der Waals surface area contributed by atoms with Gasteiger partial charge in [-0.15, -0.1) is 16.4 Å². The number of fused-ring (bicyclic) bond motifs is 1. The molecule has 0 saturated carbocycles. The van der Waals surface area contributed by atoms with E-state index < -0.39 is 0 Å². The molecule has 138 valence electrons. The number of carbonyl (C=O) groups is 1. The minimum absolute atomic E-state index is 0.0274. The summed E-state index contributed by atoms with van der Waals surface area (Å²) in [6.07, 6.45) is 1.71. The molecular weight excluding hydrogens is 348 g/mol. The standard InChI is InChI=1S/C18H24N6OS/c1-11(2)9-23(10-12(3)4)18(25)13-7-14(19)24-15(8-13)21-16(22-24)17-20-5-6-26-17/h5-8,11-12H,9-10,19H2,1-4H3. The molecule has 3 aromatic heterocycles. The van der Waals surface area contributed by atoms with Crippen molar-refractivity contribution in [2.24, 2.45) is 11.8 Å². The number of nitrogens with zero attached hydrogens (tertiary/aromatic N) is 5. The number of rotatable bonds is 6. The van der Waals surface area contributed by atoms with Crippen molar-refractivity contribution >= 4 is 28.7 Å². The molecule has 0 aliphatic carbocycles. The maximum absolute atomic E-state index is 13.0. The minimum atomic E-state index is -0.0274. The Bertz CT molecular complexity index is 890. The molecule has 0 aliphatic heterocycles. The second-order valence-corrected chi connectivity index (χ2v) is 8.10. The molecule has 0 unspecified atom stereocenters. The molecule has 3 rings (SSSR count). The summed E-state index contributed by atoms with van der Waals surface area (Å²) in [7, 11) is 0. The number of amides is 1. The van der Waals surface area contributed by atoms with Crippen LogP contribution in [0.15, 0.2) is 23.7 Å².